The monoisotopic (exact) mass is 305 g/mol. The molecule has 0 fully saturated rings. The summed E-state index contributed by atoms with van der Waals surface area (Å²) in [6.45, 7) is 6.62. The molecule has 4 heteroatoms. The van der Waals surface area contributed by atoms with Crippen molar-refractivity contribution in [3.63, 3.8) is 0 Å². The number of benzene rings is 1. The van der Waals surface area contributed by atoms with Gasteiger partial charge >= 0.3 is 0 Å². The second-order valence-electron chi connectivity index (χ2n) is 4.17. The van der Waals surface area contributed by atoms with Crippen LogP contribution in [0.5, 0.6) is 0 Å². The molecular weight excluding hydrogens is 290 g/mol. The summed E-state index contributed by atoms with van der Waals surface area (Å²) in [6.07, 6.45) is 5.50. The molecule has 3 nitrogen and oxygen atoms in total. The SMILES string of the molecule is C=Cn1cc(CNC(C)c2ccc(Br)cc2)cn1. The molecule has 0 radical (unpaired) electrons. The molecule has 2 aromatic rings. The summed E-state index contributed by atoms with van der Waals surface area (Å²) in [5.74, 6) is 0. The predicted molar refractivity (Wildman–Crippen MR) is 78.0 cm³/mol. The zero-order valence-corrected chi connectivity index (χ0v) is 11.9. The summed E-state index contributed by atoms with van der Waals surface area (Å²) in [7, 11) is 0. The predicted octanol–water partition coefficient (Wildman–Crippen LogP) is 3.60. The second kappa shape index (κ2) is 5.98. The summed E-state index contributed by atoms with van der Waals surface area (Å²) >= 11 is 3.44. The van der Waals surface area contributed by atoms with Gasteiger partial charge in [-0.15, -0.1) is 0 Å². The first-order chi connectivity index (χ1) is 8.69. The Morgan fingerprint density at radius 1 is 1.44 bits per heavy atom. The van der Waals surface area contributed by atoms with Gasteiger partial charge in [0.2, 0.25) is 0 Å². The van der Waals surface area contributed by atoms with Crippen LogP contribution in [0.4, 0.5) is 0 Å². The fourth-order valence-electron chi connectivity index (χ4n) is 1.71. The van der Waals surface area contributed by atoms with E-state index in [-0.39, 0.29) is 0 Å². The molecule has 0 saturated heterocycles. The molecule has 94 valence electrons. The van der Waals surface area contributed by atoms with E-state index in [9.17, 15) is 0 Å². The molecule has 18 heavy (non-hydrogen) atoms. The quantitative estimate of drug-likeness (QED) is 0.915. The largest absolute Gasteiger partial charge is 0.306 e. The van der Waals surface area contributed by atoms with E-state index in [2.05, 4.69) is 64.1 Å². The van der Waals surface area contributed by atoms with Crippen molar-refractivity contribution in [3.8, 4) is 0 Å². The maximum Gasteiger partial charge on any atom is 0.0538 e. The average molecular weight is 306 g/mol. The molecule has 1 N–H and O–H groups in total. The van der Waals surface area contributed by atoms with Gasteiger partial charge in [0, 0.05) is 35.0 Å². The third-order valence-corrected chi connectivity index (χ3v) is 3.35. The molecule has 0 aliphatic heterocycles. The van der Waals surface area contributed by atoms with E-state index < -0.39 is 0 Å². The highest BCUT2D eigenvalue weighted by Crippen LogP contribution is 2.16. The van der Waals surface area contributed by atoms with Crippen LogP contribution in [0.2, 0.25) is 0 Å². The first-order valence-corrected chi connectivity index (χ1v) is 6.63. The Morgan fingerprint density at radius 3 is 2.78 bits per heavy atom. The number of nitrogens with one attached hydrogen (secondary N) is 1. The van der Waals surface area contributed by atoms with Gasteiger partial charge in [0.15, 0.2) is 0 Å². The summed E-state index contributed by atoms with van der Waals surface area (Å²) in [4.78, 5) is 0. The van der Waals surface area contributed by atoms with Gasteiger partial charge < -0.3 is 5.32 Å². The normalized spacial score (nSPS) is 12.3. The van der Waals surface area contributed by atoms with Crippen LogP contribution in [0.15, 0.2) is 47.7 Å². The fraction of sp³-hybridized carbons (Fsp3) is 0.214. The lowest BCUT2D eigenvalue weighted by Crippen LogP contribution is -2.17. The minimum atomic E-state index is 0.310. The molecule has 1 aromatic carbocycles. The number of hydrogen-bond donors (Lipinski definition) is 1. The third-order valence-electron chi connectivity index (χ3n) is 2.82. The van der Waals surface area contributed by atoms with Gasteiger partial charge in [-0.05, 0) is 24.6 Å². The van der Waals surface area contributed by atoms with Gasteiger partial charge in [-0.25, -0.2) is 4.68 Å². The number of nitrogens with zero attached hydrogens (tertiary/aromatic N) is 2. The smallest absolute Gasteiger partial charge is 0.0538 e. The molecule has 0 saturated carbocycles. The molecule has 0 aliphatic rings. The summed E-state index contributed by atoms with van der Waals surface area (Å²) < 4.78 is 2.81. The Labute approximate surface area is 116 Å². The summed E-state index contributed by atoms with van der Waals surface area (Å²) in [5.41, 5.74) is 2.42. The van der Waals surface area contributed by atoms with Crippen molar-refractivity contribution in [2.45, 2.75) is 19.5 Å². The maximum atomic E-state index is 4.15. The Bertz CT molecular complexity index is 516. The lowest BCUT2D eigenvalue weighted by atomic mass is 10.1. The van der Waals surface area contributed by atoms with Crippen LogP contribution in [0, 0.1) is 0 Å². The zero-order chi connectivity index (χ0) is 13.0. The lowest BCUT2D eigenvalue weighted by molar-refractivity contribution is 0.574. The van der Waals surface area contributed by atoms with Crippen molar-refractivity contribution in [2.24, 2.45) is 0 Å². The van der Waals surface area contributed by atoms with Crippen molar-refractivity contribution in [1.29, 1.82) is 0 Å². The van der Waals surface area contributed by atoms with Crippen LogP contribution in [0.3, 0.4) is 0 Å². The van der Waals surface area contributed by atoms with Gasteiger partial charge in [0.25, 0.3) is 0 Å². The molecule has 0 aliphatic carbocycles. The third kappa shape index (κ3) is 3.31. The Morgan fingerprint density at radius 2 is 2.17 bits per heavy atom. The average Bonchev–Trinajstić information content (AvgIpc) is 2.85. The number of hydrogen-bond acceptors (Lipinski definition) is 2. The zero-order valence-electron chi connectivity index (χ0n) is 10.3. The van der Waals surface area contributed by atoms with E-state index in [0.717, 1.165) is 16.6 Å². The van der Waals surface area contributed by atoms with Crippen LogP contribution >= 0.6 is 15.9 Å². The Balaban J connectivity index is 1.93. The van der Waals surface area contributed by atoms with Crippen molar-refractivity contribution < 1.29 is 0 Å². The Hall–Kier alpha value is -1.39. The van der Waals surface area contributed by atoms with E-state index in [0.29, 0.717) is 6.04 Å². The van der Waals surface area contributed by atoms with Gasteiger partial charge in [-0.3, -0.25) is 0 Å². The fourth-order valence-corrected chi connectivity index (χ4v) is 1.97. The molecule has 2 rings (SSSR count). The molecule has 0 bridgehead atoms. The lowest BCUT2D eigenvalue weighted by Gasteiger charge is -2.13. The minimum Gasteiger partial charge on any atom is -0.306 e. The highest BCUT2D eigenvalue weighted by molar-refractivity contribution is 9.10. The van der Waals surface area contributed by atoms with Gasteiger partial charge in [0.05, 0.1) is 6.20 Å². The summed E-state index contributed by atoms with van der Waals surface area (Å²) in [6, 6.07) is 8.67. The van der Waals surface area contributed by atoms with Crippen molar-refractivity contribution in [1.82, 2.24) is 15.1 Å². The van der Waals surface area contributed by atoms with Crippen molar-refractivity contribution in [3.05, 3.63) is 58.8 Å². The highest BCUT2D eigenvalue weighted by atomic mass is 79.9. The van der Waals surface area contributed by atoms with Crippen molar-refractivity contribution in [2.75, 3.05) is 0 Å². The van der Waals surface area contributed by atoms with Gasteiger partial charge in [-0.1, -0.05) is 34.6 Å². The van der Waals surface area contributed by atoms with E-state index in [1.165, 1.54) is 5.56 Å². The molecule has 1 unspecified atom stereocenters. The van der Waals surface area contributed by atoms with E-state index in [4.69, 9.17) is 0 Å². The van der Waals surface area contributed by atoms with Crippen LogP contribution in [-0.2, 0) is 6.54 Å². The van der Waals surface area contributed by atoms with E-state index in [1.807, 2.05) is 12.4 Å². The minimum absolute atomic E-state index is 0.310. The van der Waals surface area contributed by atoms with Gasteiger partial charge in [0.1, 0.15) is 0 Å². The van der Waals surface area contributed by atoms with E-state index >= 15 is 0 Å². The standard InChI is InChI=1S/C14H16BrN3/c1-3-18-10-12(9-17-18)8-16-11(2)13-4-6-14(15)7-5-13/h3-7,9-11,16H,1,8H2,2H3. The van der Waals surface area contributed by atoms with Gasteiger partial charge in [-0.2, -0.15) is 5.10 Å². The first kappa shape index (κ1) is 13.1. The molecule has 0 amide bonds. The second-order valence-corrected chi connectivity index (χ2v) is 5.08. The molecular formula is C14H16BrN3. The first-order valence-electron chi connectivity index (χ1n) is 5.83. The highest BCUT2D eigenvalue weighted by Gasteiger charge is 2.05. The number of rotatable bonds is 5. The van der Waals surface area contributed by atoms with E-state index in [1.54, 1.807) is 10.9 Å². The molecule has 1 atom stereocenters. The van der Waals surface area contributed by atoms with Crippen molar-refractivity contribution >= 4 is 22.1 Å². The molecule has 1 heterocycles. The summed E-state index contributed by atoms with van der Waals surface area (Å²) in [5, 5.41) is 7.62. The maximum absolute atomic E-state index is 4.15. The molecule has 1 aromatic heterocycles. The topological polar surface area (TPSA) is 29.9 Å². The Kier molecular flexibility index (Phi) is 4.33. The van der Waals surface area contributed by atoms with Crippen LogP contribution in [-0.4, -0.2) is 9.78 Å². The van der Waals surface area contributed by atoms with Crippen LogP contribution in [0.25, 0.3) is 6.20 Å². The number of aromatic nitrogens is 2. The van der Waals surface area contributed by atoms with Crippen LogP contribution < -0.4 is 5.32 Å². The number of halogens is 1. The van der Waals surface area contributed by atoms with Crippen LogP contribution in [0.1, 0.15) is 24.1 Å². The molecule has 0 spiro atoms.